The normalized spacial score (nSPS) is 12.1. The number of carbonyl (C=O) groups is 1. The van der Waals surface area contributed by atoms with Crippen LogP contribution in [-0.4, -0.2) is 56.5 Å². The first-order chi connectivity index (χ1) is 18.3. The second-order valence-corrected chi connectivity index (χ2v) is 12.7. The minimum Gasteiger partial charge on any atom is -0.458 e. The van der Waals surface area contributed by atoms with Crippen LogP contribution in [-0.2, 0) is 24.1 Å². The summed E-state index contributed by atoms with van der Waals surface area (Å²) in [6.07, 6.45) is 0.392. The number of benzene rings is 2. The van der Waals surface area contributed by atoms with Gasteiger partial charge in [0, 0.05) is 22.7 Å². The van der Waals surface area contributed by atoms with Gasteiger partial charge in [-0.2, -0.15) is 5.26 Å². The highest BCUT2D eigenvalue weighted by Gasteiger charge is 2.24. The quantitative estimate of drug-likeness (QED) is 0.172. The number of nitriles is 1. The third-order valence-electron chi connectivity index (χ3n) is 5.55. The van der Waals surface area contributed by atoms with Gasteiger partial charge in [0.25, 0.3) is 0 Å². The molecule has 3 rings (SSSR count). The Bertz CT molecular complexity index is 1370. The molecule has 7 nitrogen and oxygen atoms in total. The lowest BCUT2D eigenvalue weighted by molar-refractivity contribution is -0.146. The molecule has 0 spiro atoms. The molecule has 0 aliphatic carbocycles. The van der Waals surface area contributed by atoms with E-state index in [9.17, 15) is 18.5 Å². The van der Waals surface area contributed by atoms with Gasteiger partial charge >= 0.3 is 5.97 Å². The molecule has 0 amide bonds. The average Bonchev–Trinajstić information content (AvgIpc) is 2.91. The molecule has 1 heterocycles. The van der Waals surface area contributed by atoms with E-state index >= 15 is 0 Å². The van der Waals surface area contributed by atoms with Gasteiger partial charge in [0.2, 0.25) is 0 Å². The third-order valence-corrected chi connectivity index (χ3v) is 8.82. The molecule has 38 heavy (non-hydrogen) atoms. The third kappa shape index (κ3) is 8.67. The largest absolute Gasteiger partial charge is 0.458 e. The summed E-state index contributed by atoms with van der Waals surface area (Å²) in [7, 11) is -1.96. The number of ether oxygens (including phenoxy) is 2. The summed E-state index contributed by atoms with van der Waals surface area (Å²) >= 11 is 4.53. The summed E-state index contributed by atoms with van der Waals surface area (Å²) in [6, 6.07) is 21.3. The van der Waals surface area contributed by atoms with Gasteiger partial charge in [0.1, 0.15) is 17.2 Å². The van der Waals surface area contributed by atoms with E-state index < -0.39 is 21.9 Å². The van der Waals surface area contributed by atoms with E-state index in [1.54, 1.807) is 0 Å². The number of rotatable bonds is 13. The Morgan fingerprint density at radius 1 is 1.13 bits per heavy atom. The van der Waals surface area contributed by atoms with Gasteiger partial charge in [-0.25, -0.2) is 13.4 Å². The standard InChI is InChI=1S/C28H29BrN2O5S2/c1-3-4-14-38(33,34)19-23(17-35-2)36-27(32)18-37-28-25(16-30)24(20-8-6-5-7-9-20)15-26(31-28)21-10-12-22(29)13-11-21/h5-13,15,23H,3-4,14,17-19H2,1-2H3. The van der Waals surface area contributed by atoms with Gasteiger partial charge in [0.05, 0.1) is 35.1 Å². The van der Waals surface area contributed by atoms with E-state index in [1.165, 1.54) is 7.11 Å². The fraction of sp³-hybridized carbons (Fsp3) is 0.321. The van der Waals surface area contributed by atoms with Crippen LogP contribution in [0.25, 0.3) is 22.4 Å². The Labute approximate surface area is 236 Å². The predicted molar refractivity (Wildman–Crippen MR) is 154 cm³/mol. The molecule has 0 N–H and O–H groups in total. The van der Waals surface area contributed by atoms with Crippen LogP contribution in [0.2, 0.25) is 0 Å². The molecule has 1 unspecified atom stereocenters. The van der Waals surface area contributed by atoms with Crippen molar-refractivity contribution in [3.8, 4) is 28.5 Å². The summed E-state index contributed by atoms with van der Waals surface area (Å²) < 4.78 is 36.2. The monoisotopic (exact) mass is 616 g/mol. The number of hydrogen-bond acceptors (Lipinski definition) is 8. The number of methoxy groups -OCH3 is 1. The summed E-state index contributed by atoms with van der Waals surface area (Å²) in [4.78, 5) is 17.4. The molecular weight excluding hydrogens is 588 g/mol. The fourth-order valence-electron chi connectivity index (χ4n) is 3.73. The van der Waals surface area contributed by atoms with Crippen LogP contribution in [0.3, 0.4) is 0 Å². The van der Waals surface area contributed by atoms with Gasteiger partial charge < -0.3 is 9.47 Å². The predicted octanol–water partition coefficient (Wildman–Crippen LogP) is 5.91. The number of halogens is 1. The minimum atomic E-state index is -3.39. The Hall–Kier alpha value is -2.71. The minimum absolute atomic E-state index is 0.0271. The Balaban J connectivity index is 1.86. The van der Waals surface area contributed by atoms with Crippen molar-refractivity contribution in [2.24, 2.45) is 0 Å². The average molecular weight is 618 g/mol. The van der Waals surface area contributed by atoms with Crippen LogP contribution in [0.4, 0.5) is 0 Å². The topological polar surface area (TPSA) is 106 Å². The van der Waals surface area contributed by atoms with Crippen LogP contribution in [0.1, 0.15) is 25.3 Å². The number of pyridine rings is 1. The van der Waals surface area contributed by atoms with Crippen LogP contribution < -0.4 is 0 Å². The Kier molecular flexibility index (Phi) is 11.3. The van der Waals surface area contributed by atoms with Crippen LogP contribution in [0.15, 0.2) is 70.2 Å². The number of aromatic nitrogens is 1. The zero-order valence-corrected chi connectivity index (χ0v) is 24.4. The van der Waals surface area contributed by atoms with Crippen molar-refractivity contribution in [3.05, 3.63) is 70.7 Å². The maximum atomic E-state index is 12.7. The SMILES string of the molecule is CCCCS(=O)(=O)CC(COC)OC(=O)CSc1nc(-c2ccc(Br)cc2)cc(-c2ccccc2)c1C#N. The molecule has 1 atom stereocenters. The summed E-state index contributed by atoms with van der Waals surface area (Å²) in [5.41, 5.74) is 3.43. The Morgan fingerprint density at radius 2 is 1.84 bits per heavy atom. The second kappa shape index (κ2) is 14.4. The van der Waals surface area contributed by atoms with Gasteiger partial charge in [-0.15, -0.1) is 0 Å². The van der Waals surface area contributed by atoms with Crippen molar-refractivity contribution >= 4 is 43.5 Å². The fourth-order valence-corrected chi connectivity index (χ4v) is 6.40. The lowest BCUT2D eigenvalue weighted by Gasteiger charge is -2.17. The highest BCUT2D eigenvalue weighted by atomic mass is 79.9. The van der Waals surface area contributed by atoms with Crippen molar-refractivity contribution < 1.29 is 22.7 Å². The number of esters is 1. The van der Waals surface area contributed by atoms with E-state index in [0.717, 1.165) is 33.8 Å². The van der Waals surface area contributed by atoms with Gasteiger partial charge in [-0.05, 0) is 30.2 Å². The molecule has 1 aromatic heterocycles. The number of carbonyl (C=O) groups excluding carboxylic acids is 1. The number of hydrogen-bond donors (Lipinski definition) is 0. The molecule has 0 radical (unpaired) electrons. The summed E-state index contributed by atoms with van der Waals surface area (Å²) in [5.74, 6) is -1.01. The van der Waals surface area contributed by atoms with Crippen molar-refractivity contribution in [3.63, 3.8) is 0 Å². The second-order valence-electron chi connectivity index (χ2n) is 8.54. The lowest BCUT2D eigenvalue weighted by Crippen LogP contribution is -2.32. The zero-order valence-electron chi connectivity index (χ0n) is 21.2. The van der Waals surface area contributed by atoms with Crippen LogP contribution >= 0.6 is 27.7 Å². The highest BCUT2D eigenvalue weighted by Crippen LogP contribution is 2.34. The van der Waals surface area contributed by atoms with Gasteiger partial charge in [-0.1, -0.05) is 83.5 Å². The molecule has 0 saturated heterocycles. The molecule has 10 heteroatoms. The molecule has 0 saturated carbocycles. The lowest BCUT2D eigenvalue weighted by atomic mass is 9.99. The number of thioether (sulfide) groups is 1. The first-order valence-electron chi connectivity index (χ1n) is 12.0. The molecule has 0 bridgehead atoms. The van der Waals surface area contributed by atoms with E-state index in [2.05, 4.69) is 22.0 Å². The summed E-state index contributed by atoms with van der Waals surface area (Å²) in [5, 5.41) is 10.4. The Morgan fingerprint density at radius 3 is 2.47 bits per heavy atom. The van der Waals surface area contributed by atoms with Crippen molar-refractivity contribution in [1.29, 1.82) is 5.26 Å². The molecule has 200 valence electrons. The molecule has 0 aliphatic rings. The van der Waals surface area contributed by atoms with Crippen LogP contribution in [0.5, 0.6) is 0 Å². The molecule has 2 aromatic carbocycles. The number of nitrogens with zero attached hydrogens (tertiary/aromatic N) is 2. The smallest absolute Gasteiger partial charge is 0.316 e. The van der Waals surface area contributed by atoms with E-state index in [4.69, 9.17) is 14.5 Å². The molecule has 0 aliphatic heterocycles. The van der Waals surface area contributed by atoms with Gasteiger partial charge in [0.15, 0.2) is 9.84 Å². The number of unbranched alkanes of at least 4 members (excludes halogenated alkanes) is 1. The van der Waals surface area contributed by atoms with E-state index in [-0.39, 0.29) is 23.9 Å². The molecule has 3 aromatic rings. The molecular formula is C28H29BrN2O5S2. The van der Waals surface area contributed by atoms with Crippen molar-refractivity contribution in [1.82, 2.24) is 4.98 Å². The van der Waals surface area contributed by atoms with Gasteiger partial charge in [-0.3, -0.25) is 4.79 Å². The maximum absolute atomic E-state index is 12.7. The van der Waals surface area contributed by atoms with Crippen LogP contribution in [0, 0.1) is 11.3 Å². The first-order valence-corrected chi connectivity index (χ1v) is 15.6. The summed E-state index contributed by atoms with van der Waals surface area (Å²) in [6.45, 7) is 1.89. The van der Waals surface area contributed by atoms with E-state index in [1.807, 2.05) is 67.6 Å². The van der Waals surface area contributed by atoms with Crippen molar-refractivity contribution in [2.75, 3.05) is 31.0 Å². The zero-order chi connectivity index (χ0) is 27.5. The highest BCUT2D eigenvalue weighted by molar-refractivity contribution is 9.10. The number of sulfone groups is 1. The van der Waals surface area contributed by atoms with Crippen molar-refractivity contribution in [2.45, 2.75) is 30.9 Å². The molecule has 0 fully saturated rings. The van der Waals surface area contributed by atoms with E-state index in [0.29, 0.717) is 28.3 Å². The maximum Gasteiger partial charge on any atom is 0.316 e. The first kappa shape index (κ1) is 29.8.